The zero-order chi connectivity index (χ0) is 14.0. The summed E-state index contributed by atoms with van der Waals surface area (Å²) in [6.07, 6.45) is 0. The van der Waals surface area contributed by atoms with Gasteiger partial charge in [0.05, 0.1) is 10.6 Å². The molecule has 0 aliphatic rings. The van der Waals surface area contributed by atoms with Crippen molar-refractivity contribution in [2.45, 2.75) is 6.92 Å². The monoisotopic (exact) mass is 276 g/mol. The van der Waals surface area contributed by atoms with E-state index in [4.69, 9.17) is 27.8 Å². The predicted molar refractivity (Wildman–Crippen MR) is 75.6 cm³/mol. The normalized spacial score (nSPS) is 10.2. The van der Waals surface area contributed by atoms with E-state index >= 15 is 0 Å². The Bertz CT molecular complexity index is 641. The first-order valence-corrected chi connectivity index (χ1v) is 5.99. The maximum Gasteiger partial charge on any atom is 0.252 e. The van der Waals surface area contributed by atoms with Gasteiger partial charge < -0.3 is 16.2 Å². The van der Waals surface area contributed by atoms with Crippen LogP contribution in [0.2, 0.25) is 5.02 Å². The van der Waals surface area contributed by atoms with Crippen molar-refractivity contribution < 1.29 is 9.53 Å². The molecule has 4 N–H and O–H groups in total. The highest BCUT2D eigenvalue weighted by Gasteiger charge is 2.16. The van der Waals surface area contributed by atoms with E-state index in [1.807, 2.05) is 25.1 Å². The molecule has 0 bridgehead atoms. The van der Waals surface area contributed by atoms with E-state index in [-0.39, 0.29) is 16.3 Å². The van der Waals surface area contributed by atoms with E-state index < -0.39 is 5.91 Å². The van der Waals surface area contributed by atoms with Crippen LogP contribution < -0.4 is 16.2 Å². The number of hydrogen-bond acceptors (Lipinski definition) is 3. The van der Waals surface area contributed by atoms with Crippen molar-refractivity contribution in [2.75, 3.05) is 5.73 Å². The van der Waals surface area contributed by atoms with Crippen LogP contribution in [0.1, 0.15) is 15.9 Å². The number of rotatable bonds is 3. The van der Waals surface area contributed by atoms with Crippen molar-refractivity contribution in [3.05, 3.63) is 52.5 Å². The minimum absolute atomic E-state index is 0.160. The molecule has 0 unspecified atom stereocenters. The van der Waals surface area contributed by atoms with Gasteiger partial charge in [0.1, 0.15) is 5.75 Å². The summed E-state index contributed by atoms with van der Waals surface area (Å²) in [7, 11) is 0. The quantitative estimate of drug-likeness (QED) is 0.846. The number of benzene rings is 2. The number of amides is 1. The van der Waals surface area contributed by atoms with Crippen molar-refractivity contribution in [1.29, 1.82) is 0 Å². The molecule has 4 nitrogen and oxygen atoms in total. The van der Waals surface area contributed by atoms with Crippen molar-refractivity contribution in [3.63, 3.8) is 0 Å². The topological polar surface area (TPSA) is 78.3 Å². The largest absolute Gasteiger partial charge is 0.455 e. The average Bonchev–Trinajstić information content (AvgIpc) is 2.34. The Morgan fingerprint density at radius 3 is 2.58 bits per heavy atom. The summed E-state index contributed by atoms with van der Waals surface area (Å²) in [5.74, 6) is 0.187. The second-order valence-electron chi connectivity index (χ2n) is 4.11. The number of nitrogens with two attached hydrogens (primary N) is 2. The third-order valence-corrected chi connectivity index (χ3v) is 2.92. The molecule has 0 aliphatic carbocycles. The van der Waals surface area contributed by atoms with Gasteiger partial charge in [-0.3, -0.25) is 4.79 Å². The molecule has 98 valence electrons. The summed E-state index contributed by atoms with van der Waals surface area (Å²) in [4.78, 5) is 11.4. The molecule has 2 aromatic carbocycles. The predicted octanol–water partition coefficient (Wildman–Crippen LogP) is 3.12. The van der Waals surface area contributed by atoms with Crippen LogP contribution in [0.15, 0.2) is 36.4 Å². The summed E-state index contributed by atoms with van der Waals surface area (Å²) < 4.78 is 5.70. The molecule has 0 fully saturated rings. The van der Waals surface area contributed by atoms with Crippen LogP contribution in [-0.2, 0) is 0 Å². The molecule has 1 amide bonds. The van der Waals surface area contributed by atoms with Crippen molar-refractivity contribution >= 4 is 23.2 Å². The highest BCUT2D eigenvalue weighted by molar-refractivity contribution is 6.33. The first-order valence-electron chi connectivity index (χ1n) is 5.61. The number of carbonyl (C=O) groups is 1. The van der Waals surface area contributed by atoms with Crippen LogP contribution in [0.5, 0.6) is 11.5 Å². The Labute approximate surface area is 115 Å². The van der Waals surface area contributed by atoms with Gasteiger partial charge >= 0.3 is 0 Å². The number of para-hydroxylation sites is 1. The lowest BCUT2D eigenvalue weighted by atomic mass is 10.1. The Morgan fingerprint density at radius 2 is 1.95 bits per heavy atom. The van der Waals surface area contributed by atoms with E-state index in [1.54, 1.807) is 6.07 Å². The Morgan fingerprint density at radius 1 is 1.26 bits per heavy atom. The number of hydrogen-bond donors (Lipinski definition) is 2. The van der Waals surface area contributed by atoms with E-state index in [1.165, 1.54) is 12.1 Å². The van der Waals surface area contributed by atoms with Gasteiger partial charge in [0, 0.05) is 5.69 Å². The van der Waals surface area contributed by atoms with E-state index in [9.17, 15) is 4.79 Å². The number of halogens is 1. The lowest BCUT2D eigenvalue weighted by Gasteiger charge is -2.13. The van der Waals surface area contributed by atoms with Gasteiger partial charge in [-0.25, -0.2) is 0 Å². The molecule has 19 heavy (non-hydrogen) atoms. The van der Waals surface area contributed by atoms with Crippen LogP contribution in [-0.4, -0.2) is 5.91 Å². The number of aryl methyl sites for hydroxylation is 1. The number of primary amides is 1. The van der Waals surface area contributed by atoms with E-state index in [2.05, 4.69) is 0 Å². The molecule has 0 aliphatic heterocycles. The number of carbonyl (C=O) groups excluding carboxylic acids is 1. The number of anilines is 1. The first-order chi connectivity index (χ1) is 8.99. The summed E-state index contributed by atoms with van der Waals surface area (Å²) in [6.45, 7) is 1.89. The molecule has 2 rings (SSSR count). The average molecular weight is 277 g/mol. The molecule has 5 heteroatoms. The van der Waals surface area contributed by atoms with Gasteiger partial charge in [-0.1, -0.05) is 29.8 Å². The third-order valence-electron chi connectivity index (χ3n) is 2.64. The highest BCUT2D eigenvalue weighted by atomic mass is 35.5. The van der Waals surface area contributed by atoms with Crippen molar-refractivity contribution in [2.24, 2.45) is 5.73 Å². The second kappa shape index (κ2) is 5.20. The van der Waals surface area contributed by atoms with Crippen LogP contribution in [0.25, 0.3) is 0 Å². The Balaban J connectivity index is 2.51. The zero-order valence-electron chi connectivity index (χ0n) is 10.3. The second-order valence-corrected chi connectivity index (χ2v) is 4.52. The maximum atomic E-state index is 11.4. The summed E-state index contributed by atoms with van der Waals surface area (Å²) in [5, 5.41) is 0.247. The smallest absolute Gasteiger partial charge is 0.252 e. The molecule has 0 atom stereocenters. The molecular weight excluding hydrogens is 264 g/mol. The van der Waals surface area contributed by atoms with Gasteiger partial charge in [0.25, 0.3) is 5.91 Å². The highest BCUT2D eigenvalue weighted by Crippen LogP contribution is 2.35. The Hall–Kier alpha value is -2.20. The van der Waals surface area contributed by atoms with Gasteiger partial charge in [-0.05, 0) is 30.7 Å². The molecule has 0 radical (unpaired) electrons. The number of ether oxygens (including phenoxy) is 1. The third kappa shape index (κ3) is 2.80. The summed E-state index contributed by atoms with van der Waals surface area (Å²) >= 11 is 6.07. The summed E-state index contributed by atoms with van der Waals surface area (Å²) in [6, 6.07) is 10.4. The van der Waals surface area contributed by atoms with Crippen LogP contribution >= 0.6 is 11.6 Å². The lowest BCUT2D eigenvalue weighted by Crippen LogP contribution is -2.13. The van der Waals surface area contributed by atoms with Crippen LogP contribution in [0, 0.1) is 6.92 Å². The number of nitrogen functional groups attached to an aromatic ring is 1. The first kappa shape index (κ1) is 13.2. The standard InChI is InChI=1S/C14H13ClN2O2/c1-8-4-2-3-5-12(8)19-13-10(14(17)18)6-9(16)7-11(13)15/h2-7H,16H2,1H3,(H2,17,18). The van der Waals surface area contributed by atoms with Crippen LogP contribution in [0.3, 0.4) is 0 Å². The summed E-state index contributed by atoms with van der Waals surface area (Å²) in [5.41, 5.74) is 12.4. The van der Waals surface area contributed by atoms with Gasteiger partial charge in [0.2, 0.25) is 0 Å². The molecule has 0 aromatic heterocycles. The zero-order valence-corrected chi connectivity index (χ0v) is 11.1. The molecular formula is C14H13ClN2O2. The molecule has 0 saturated heterocycles. The fourth-order valence-electron chi connectivity index (χ4n) is 1.68. The molecule has 0 saturated carbocycles. The van der Waals surface area contributed by atoms with Gasteiger partial charge in [-0.2, -0.15) is 0 Å². The SMILES string of the molecule is Cc1ccccc1Oc1c(Cl)cc(N)cc1C(N)=O. The lowest BCUT2D eigenvalue weighted by molar-refractivity contribution is 0.0998. The van der Waals surface area contributed by atoms with Gasteiger partial charge in [0.15, 0.2) is 5.75 Å². The van der Waals surface area contributed by atoms with E-state index in [0.29, 0.717) is 11.4 Å². The molecule has 2 aromatic rings. The minimum atomic E-state index is -0.641. The van der Waals surface area contributed by atoms with Crippen LogP contribution in [0.4, 0.5) is 5.69 Å². The minimum Gasteiger partial charge on any atom is -0.455 e. The maximum absolute atomic E-state index is 11.4. The fourth-order valence-corrected chi connectivity index (χ4v) is 1.95. The van der Waals surface area contributed by atoms with Crippen molar-refractivity contribution in [3.8, 4) is 11.5 Å². The molecule has 0 heterocycles. The Kier molecular flexibility index (Phi) is 3.62. The van der Waals surface area contributed by atoms with Gasteiger partial charge in [-0.15, -0.1) is 0 Å². The van der Waals surface area contributed by atoms with E-state index in [0.717, 1.165) is 5.56 Å². The fraction of sp³-hybridized carbons (Fsp3) is 0.0714. The molecule has 0 spiro atoms. The van der Waals surface area contributed by atoms with Crippen molar-refractivity contribution in [1.82, 2.24) is 0 Å².